The van der Waals surface area contributed by atoms with Crippen LogP contribution in [-0.2, 0) is 13.6 Å². The minimum absolute atomic E-state index is 0.311. The second-order valence-corrected chi connectivity index (χ2v) is 4.94. The first-order valence-corrected chi connectivity index (χ1v) is 6.88. The molecule has 0 saturated heterocycles. The van der Waals surface area contributed by atoms with Gasteiger partial charge in [0.1, 0.15) is 5.65 Å². The van der Waals surface area contributed by atoms with Crippen molar-refractivity contribution in [1.29, 1.82) is 0 Å². The highest BCUT2D eigenvalue weighted by molar-refractivity contribution is 5.63. The molecule has 0 aliphatic rings. The highest BCUT2D eigenvalue weighted by Crippen LogP contribution is 2.17. The Morgan fingerprint density at radius 1 is 1.10 bits per heavy atom. The molecule has 0 amide bonds. The van der Waals surface area contributed by atoms with Crippen LogP contribution in [-0.4, -0.2) is 18.7 Å². The molecular formula is C15H16N4O2. The van der Waals surface area contributed by atoms with Crippen LogP contribution in [0.5, 0.6) is 0 Å². The maximum Gasteiger partial charge on any atom is 0.354 e. The Kier molecular flexibility index (Phi) is 3.21. The van der Waals surface area contributed by atoms with Gasteiger partial charge in [0.05, 0.1) is 5.69 Å². The second kappa shape index (κ2) is 5.05. The summed E-state index contributed by atoms with van der Waals surface area (Å²) in [5.41, 5.74) is 1.39. The first kappa shape index (κ1) is 13.4. The van der Waals surface area contributed by atoms with Crippen LogP contribution in [0.1, 0.15) is 13.3 Å². The van der Waals surface area contributed by atoms with E-state index in [1.54, 1.807) is 10.6 Å². The SMILES string of the molecule is CCCn1c(=O)n(C)c(=O)n2nc(-c3ccccc3)cc12. The fourth-order valence-electron chi connectivity index (χ4n) is 2.39. The van der Waals surface area contributed by atoms with Crippen molar-refractivity contribution in [1.82, 2.24) is 18.7 Å². The fraction of sp³-hybridized carbons (Fsp3) is 0.267. The number of aromatic nitrogens is 4. The Bertz CT molecular complexity index is 903. The topological polar surface area (TPSA) is 61.3 Å². The molecule has 0 unspecified atom stereocenters. The molecule has 0 aliphatic carbocycles. The Hall–Kier alpha value is -2.63. The summed E-state index contributed by atoms with van der Waals surface area (Å²) in [5.74, 6) is 0. The summed E-state index contributed by atoms with van der Waals surface area (Å²) in [6, 6.07) is 11.4. The third kappa shape index (κ3) is 2.08. The van der Waals surface area contributed by atoms with Gasteiger partial charge in [-0.05, 0) is 6.42 Å². The van der Waals surface area contributed by atoms with Crippen molar-refractivity contribution in [2.75, 3.05) is 0 Å². The lowest BCUT2D eigenvalue weighted by Crippen LogP contribution is -2.42. The van der Waals surface area contributed by atoms with E-state index in [2.05, 4.69) is 5.10 Å². The van der Waals surface area contributed by atoms with Crippen molar-refractivity contribution in [3.8, 4) is 11.3 Å². The van der Waals surface area contributed by atoms with Gasteiger partial charge in [0.2, 0.25) is 0 Å². The highest BCUT2D eigenvalue weighted by Gasteiger charge is 2.13. The van der Waals surface area contributed by atoms with Gasteiger partial charge in [0.15, 0.2) is 0 Å². The summed E-state index contributed by atoms with van der Waals surface area (Å²) >= 11 is 0. The van der Waals surface area contributed by atoms with Crippen LogP contribution in [0.4, 0.5) is 0 Å². The van der Waals surface area contributed by atoms with E-state index in [1.165, 1.54) is 11.6 Å². The molecule has 2 heterocycles. The Morgan fingerprint density at radius 3 is 2.48 bits per heavy atom. The summed E-state index contributed by atoms with van der Waals surface area (Å²) in [4.78, 5) is 24.4. The predicted octanol–water partition coefficient (Wildman–Crippen LogP) is 1.27. The molecule has 0 radical (unpaired) electrons. The lowest BCUT2D eigenvalue weighted by molar-refractivity contribution is 0.568. The number of benzene rings is 1. The summed E-state index contributed by atoms with van der Waals surface area (Å²) in [6.45, 7) is 2.54. The average molecular weight is 284 g/mol. The largest absolute Gasteiger partial charge is 0.354 e. The molecule has 21 heavy (non-hydrogen) atoms. The number of hydrogen-bond donors (Lipinski definition) is 0. The zero-order valence-electron chi connectivity index (χ0n) is 12.0. The third-order valence-electron chi connectivity index (χ3n) is 3.47. The normalized spacial score (nSPS) is 11.1. The molecule has 1 aromatic carbocycles. The zero-order chi connectivity index (χ0) is 15.0. The standard InChI is InChI=1S/C15H16N4O2/c1-3-9-18-13-10-12(11-7-5-4-6-8-11)16-19(13)15(21)17(2)14(18)20/h4-8,10H,3,9H2,1-2H3. The van der Waals surface area contributed by atoms with Crippen molar-refractivity contribution in [3.05, 3.63) is 57.4 Å². The van der Waals surface area contributed by atoms with Gasteiger partial charge in [-0.25, -0.2) is 14.2 Å². The van der Waals surface area contributed by atoms with Crippen LogP contribution in [0.2, 0.25) is 0 Å². The average Bonchev–Trinajstić information content (AvgIpc) is 2.95. The van der Waals surface area contributed by atoms with Gasteiger partial charge in [-0.3, -0.25) is 4.57 Å². The number of nitrogens with zero attached hydrogens (tertiary/aromatic N) is 4. The van der Waals surface area contributed by atoms with Crippen LogP contribution in [0.3, 0.4) is 0 Å². The maximum atomic E-state index is 12.2. The monoisotopic (exact) mass is 284 g/mol. The van der Waals surface area contributed by atoms with Crippen molar-refractivity contribution < 1.29 is 0 Å². The second-order valence-electron chi connectivity index (χ2n) is 4.94. The van der Waals surface area contributed by atoms with Gasteiger partial charge in [0, 0.05) is 25.2 Å². The van der Waals surface area contributed by atoms with Crippen LogP contribution in [0.25, 0.3) is 16.9 Å². The quantitative estimate of drug-likeness (QED) is 0.727. The minimum atomic E-state index is -0.426. The van der Waals surface area contributed by atoms with E-state index in [-0.39, 0.29) is 5.69 Å². The first-order chi connectivity index (χ1) is 10.1. The molecule has 0 spiro atoms. The van der Waals surface area contributed by atoms with E-state index in [9.17, 15) is 9.59 Å². The van der Waals surface area contributed by atoms with Gasteiger partial charge in [-0.1, -0.05) is 37.3 Å². The molecule has 0 saturated carbocycles. The molecule has 0 bridgehead atoms. The van der Waals surface area contributed by atoms with E-state index in [0.29, 0.717) is 17.9 Å². The van der Waals surface area contributed by atoms with Crippen molar-refractivity contribution in [2.24, 2.45) is 7.05 Å². The number of fused-ring (bicyclic) bond motifs is 1. The summed E-state index contributed by atoms with van der Waals surface area (Å²) in [5, 5.41) is 4.35. The predicted molar refractivity (Wildman–Crippen MR) is 80.4 cm³/mol. The van der Waals surface area contributed by atoms with E-state index < -0.39 is 5.69 Å². The summed E-state index contributed by atoms with van der Waals surface area (Å²) in [6.07, 6.45) is 0.805. The molecule has 6 nitrogen and oxygen atoms in total. The maximum absolute atomic E-state index is 12.2. The van der Waals surface area contributed by atoms with Gasteiger partial charge >= 0.3 is 11.4 Å². The minimum Gasteiger partial charge on any atom is -0.278 e. The van der Waals surface area contributed by atoms with Gasteiger partial charge in [0.25, 0.3) is 0 Å². The lowest BCUT2D eigenvalue weighted by Gasteiger charge is -2.07. The highest BCUT2D eigenvalue weighted by atomic mass is 16.2. The van der Waals surface area contributed by atoms with Gasteiger partial charge < -0.3 is 0 Å². The van der Waals surface area contributed by atoms with Crippen LogP contribution in [0, 0.1) is 0 Å². The Labute approximate surface area is 120 Å². The zero-order valence-corrected chi connectivity index (χ0v) is 12.0. The van der Waals surface area contributed by atoms with E-state index in [0.717, 1.165) is 16.6 Å². The fourth-order valence-corrected chi connectivity index (χ4v) is 2.39. The first-order valence-electron chi connectivity index (χ1n) is 6.88. The number of hydrogen-bond acceptors (Lipinski definition) is 3. The third-order valence-corrected chi connectivity index (χ3v) is 3.47. The molecule has 108 valence electrons. The van der Waals surface area contributed by atoms with E-state index in [4.69, 9.17) is 0 Å². The molecule has 0 N–H and O–H groups in total. The molecule has 3 aromatic rings. The Morgan fingerprint density at radius 2 is 1.81 bits per heavy atom. The molecular weight excluding hydrogens is 268 g/mol. The van der Waals surface area contributed by atoms with Crippen molar-refractivity contribution >= 4 is 5.65 Å². The van der Waals surface area contributed by atoms with E-state index >= 15 is 0 Å². The smallest absolute Gasteiger partial charge is 0.278 e. The van der Waals surface area contributed by atoms with Crippen LogP contribution >= 0.6 is 0 Å². The molecule has 3 rings (SSSR count). The van der Waals surface area contributed by atoms with Gasteiger partial charge in [-0.15, -0.1) is 0 Å². The molecule has 0 aliphatic heterocycles. The van der Waals surface area contributed by atoms with E-state index in [1.807, 2.05) is 37.3 Å². The lowest BCUT2D eigenvalue weighted by atomic mass is 10.2. The summed E-state index contributed by atoms with van der Waals surface area (Å²) < 4.78 is 3.96. The molecule has 0 fully saturated rings. The molecule has 6 heteroatoms. The molecule has 2 aromatic heterocycles. The van der Waals surface area contributed by atoms with Gasteiger partial charge in [-0.2, -0.15) is 9.61 Å². The number of rotatable bonds is 3. The Balaban J connectivity index is 2.35. The van der Waals surface area contributed by atoms with Crippen LogP contribution in [0.15, 0.2) is 46.0 Å². The van der Waals surface area contributed by atoms with Crippen molar-refractivity contribution in [2.45, 2.75) is 19.9 Å². The van der Waals surface area contributed by atoms with Crippen molar-refractivity contribution in [3.63, 3.8) is 0 Å². The van der Waals surface area contributed by atoms with Crippen LogP contribution < -0.4 is 11.4 Å². The summed E-state index contributed by atoms with van der Waals surface area (Å²) in [7, 11) is 1.47. The molecule has 0 atom stereocenters. The number of aryl methyl sites for hydroxylation is 1.